The van der Waals surface area contributed by atoms with E-state index in [1.54, 1.807) is 7.11 Å². The molecule has 0 aromatic carbocycles. The highest BCUT2D eigenvalue weighted by Gasteiger charge is 2.42. The molecule has 0 saturated carbocycles. The van der Waals surface area contributed by atoms with Gasteiger partial charge in [0.2, 0.25) is 0 Å². The monoisotopic (exact) mass is 212 g/mol. The van der Waals surface area contributed by atoms with Gasteiger partial charge in [-0.25, -0.2) is 0 Å². The molecule has 88 valence electrons. The van der Waals surface area contributed by atoms with Gasteiger partial charge in [0.05, 0.1) is 6.61 Å². The predicted molar refractivity (Wildman–Crippen MR) is 62.1 cm³/mol. The van der Waals surface area contributed by atoms with Crippen LogP contribution < -0.4 is 5.32 Å². The lowest BCUT2D eigenvalue weighted by molar-refractivity contribution is 0.0641. The number of nitrogens with one attached hydrogen (secondary N) is 1. The molecule has 0 aromatic rings. The number of methoxy groups -OCH3 is 1. The molecule has 2 fully saturated rings. The Kier molecular flexibility index (Phi) is 3.65. The van der Waals surface area contributed by atoms with Gasteiger partial charge in [0, 0.05) is 31.8 Å². The Bertz CT molecular complexity index is 200. The van der Waals surface area contributed by atoms with Gasteiger partial charge in [-0.1, -0.05) is 0 Å². The fourth-order valence-electron chi connectivity index (χ4n) is 3.07. The van der Waals surface area contributed by atoms with Crippen molar-refractivity contribution < 1.29 is 4.74 Å². The molecule has 2 atom stereocenters. The van der Waals surface area contributed by atoms with Crippen LogP contribution >= 0.6 is 0 Å². The Morgan fingerprint density at radius 3 is 3.00 bits per heavy atom. The number of hydrogen-bond acceptors (Lipinski definition) is 3. The lowest BCUT2D eigenvalue weighted by atomic mass is 9.85. The van der Waals surface area contributed by atoms with Crippen LogP contribution in [0.5, 0.6) is 0 Å². The smallest absolute Gasteiger partial charge is 0.0589 e. The van der Waals surface area contributed by atoms with E-state index in [0.717, 1.165) is 13.2 Å². The van der Waals surface area contributed by atoms with Gasteiger partial charge < -0.3 is 10.1 Å². The van der Waals surface area contributed by atoms with Gasteiger partial charge in [-0.05, 0) is 39.2 Å². The Morgan fingerprint density at radius 2 is 2.33 bits per heavy atom. The molecule has 0 aromatic heterocycles. The van der Waals surface area contributed by atoms with Crippen molar-refractivity contribution in [2.45, 2.75) is 44.2 Å². The molecular weight excluding hydrogens is 188 g/mol. The van der Waals surface area contributed by atoms with Gasteiger partial charge >= 0.3 is 0 Å². The molecule has 3 heteroatoms. The first-order chi connectivity index (χ1) is 7.27. The number of nitrogens with zero attached hydrogens (tertiary/aromatic N) is 1. The minimum Gasteiger partial charge on any atom is -0.383 e. The molecule has 2 unspecified atom stereocenters. The third-order valence-electron chi connectivity index (χ3n) is 4.13. The lowest BCUT2D eigenvalue weighted by Crippen LogP contribution is -2.57. The van der Waals surface area contributed by atoms with Crippen molar-refractivity contribution in [3.8, 4) is 0 Å². The summed E-state index contributed by atoms with van der Waals surface area (Å²) >= 11 is 0. The second kappa shape index (κ2) is 4.81. The van der Waals surface area contributed by atoms with Crippen LogP contribution in [0.2, 0.25) is 0 Å². The van der Waals surface area contributed by atoms with E-state index in [4.69, 9.17) is 4.74 Å². The van der Waals surface area contributed by atoms with Crippen molar-refractivity contribution in [3.05, 3.63) is 0 Å². The van der Waals surface area contributed by atoms with E-state index < -0.39 is 0 Å². The molecular formula is C12H24N2O. The Balaban J connectivity index is 1.93. The van der Waals surface area contributed by atoms with Crippen molar-refractivity contribution in [1.29, 1.82) is 0 Å². The zero-order chi connectivity index (χ0) is 10.7. The zero-order valence-corrected chi connectivity index (χ0v) is 10.1. The predicted octanol–water partition coefficient (Wildman–Crippen LogP) is 1.24. The summed E-state index contributed by atoms with van der Waals surface area (Å²) in [7, 11) is 1.80. The fourth-order valence-corrected chi connectivity index (χ4v) is 3.07. The molecule has 2 rings (SSSR count). The van der Waals surface area contributed by atoms with Gasteiger partial charge in [-0.15, -0.1) is 0 Å². The molecule has 0 amide bonds. The van der Waals surface area contributed by atoms with E-state index >= 15 is 0 Å². The zero-order valence-electron chi connectivity index (χ0n) is 10.1. The Labute approximate surface area is 93.2 Å². The van der Waals surface area contributed by atoms with Crippen LogP contribution in [0.4, 0.5) is 0 Å². The van der Waals surface area contributed by atoms with E-state index in [1.165, 1.54) is 38.8 Å². The molecule has 15 heavy (non-hydrogen) atoms. The fraction of sp³-hybridized carbons (Fsp3) is 1.00. The summed E-state index contributed by atoms with van der Waals surface area (Å²) in [5, 5.41) is 3.64. The van der Waals surface area contributed by atoms with Crippen LogP contribution in [0.15, 0.2) is 0 Å². The maximum Gasteiger partial charge on any atom is 0.0589 e. The molecule has 1 spiro atoms. The Morgan fingerprint density at radius 1 is 1.47 bits per heavy atom. The SMILES string of the molecule is COCCN1CCCC12CCC(C)NC2. The van der Waals surface area contributed by atoms with Crippen molar-refractivity contribution in [2.24, 2.45) is 0 Å². The molecule has 0 aliphatic carbocycles. The highest BCUT2D eigenvalue weighted by Crippen LogP contribution is 2.35. The maximum atomic E-state index is 5.20. The Hall–Kier alpha value is -0.120. The summed E-state index contributed by atoms with van der Waals surface area (Å²) in [6.45, 7) is 6.71. The summed E-state index contributed by atoms with van der Waals surface area (Å²) < 4.78 is 5.20. The first-order valence-corrected chi connectivity index (χ1v) is 6.24. The van der Waals surface area contributed by atoms with Crippen LogP contribution in [0.3, 0.4) is 0 Å². The molecule has 2 aliphatic rings. The molecule has 2 aliphatic heterocycles. The van der Waals surface area contributed by atoms with Crippen molar-refractivity contribution in [3.63, 3.8) is 0 Å². The normalized spacial score (nSPS) is 37.6. The van der Waals surface area contributed by atoms with Gasteiger partial charge in [0.25, 0.3) is 0 Å². The van der Waals surface area contributed by atoms with E-state index in [2.05, 4.69) is 17.1 Å². The average molecular weight is 212 g/mol. The second-order valence-corrected chi connectivity index (χ2v) is 5.13. The van der Waals surface area contributed by atoms with Gasteiger partial charge in [0.1, 0.15) is 0 Å². The largest absolute Gasteiger partial charge is 0.383 e. The van der Waals surface area contributed by atoms with Gasteiger partial charge in [-0.2, -0.15) is 0 Å². The number of hydrogen-bond donors (Lipinski definition) is 1. The third-order valence-corrected chi connectivity index (χ3v) is 4.13. The third kappa shape index (κ3) is 2.35. The number of piperidine rings is 1. The second-order valence-electron chi connectivity index (χ2n) is 5.13. The van der Waals surface area contributed by atoms with E-state index in [9.17, 15) is 0 Å². The molecule has 1 N–H and O–H groups in total. The standard InChI is InChI=1S/C12H24N2O/c1-11-4-6-12(10-13-11)5-3-7-14(12)8-9-15-2/h11,13H,3-10H2,1-2H3. The molecule has 0 bridgehead atoms. The molecule has 0 radical (unpaired) electrons. The van der Waals surface area contributed by atoms with Crippen LogP contribution in [0.1, 0.15) is 32.6 Å². The molecule has 2 heterocycles. The average Bonchev–Trinajstić information content (AvgIpc) is 2.63. The summed E-state index contributed by atoms with van der Waals surface area (Å²) in [5.41, 5.74) is 0.463. The first kappa shape index (κ1) is 11.4. The van der Waals surface area contributed by atoms with E-state index in [1.807, 2.05) is 0 Å². The van der Waals surface area contributed by atoms with Crippen molar-refractivity contribution >= 4 is 0 Å². The van der Waals surface area contributed by atoms with Crippen LogP contribution in [0.25, 0.3) is 0 Å². The highest BCUT2D eigenvalue weighted by molar-refractivity contribution is 5.00. The van der Waals surface area contributed by atoms with Crippen LogP contribution in [0, 0.1) is 0 Å². The summed E-state index contributed by atoms with van der Waals surface area (Å²) in [5.74, 6) is 0. The minimum absolute atomic E-state index is 0.463. The summed E-state index contributed by atoms with van der Waals surface area (Å²) in [6, 6.07) is 0.709. The van der Waals surface area contributed by atoms with Crippen molar-refractivity contribution in [1.82, 2.24) is 10.2 Å². The summed E-state index contributed by atoms with van der Waals surface area (Å²) in [4.78, 5) is 2.65. The van der Waals surface area contributed by atoms with E-state index in [0.29, 0.717) is 11.6 Å². The highest BCUT2D eigenvalue weighted by atomic mass is 16.5. The quantitative estimate of drug-likeness (QED) is 0.762. The maximum absolute atomic E-state index is 5.20. The number of rotatable bonds is 3. The number of likely N-dealkylation sites (tertiary alicyclic amines) is 1. The molecule has 3 nitrogen and oxygen atoms in total. The minimum atomic E-state index is 0.463. The van der Waals surface area contributed by atoms with Crippen LogP contribution in [-0.2, 0) is 4.74 Å². The van der Waals surface area contributed by atoms with E-state index in [-0.39, 0.29) is 0 Å². The molecule has 2 saturated heterocycles. The summed E-state index contributed by atoms with van der Waals surface area (Å²) in [6.07, 6.45) is 5.42. The van der Waals surface area contributed by atoms with Crippen molar-refractivity contribution in [2.75, 3.05) is 33.4 Å². The number of ether oxygens (including phenoxy) is 1. The van der Waals surface area contributed by atoms with Gasteiger partial charge in [0.15, 0.2) is 0 Å². The first-order valence-electron chi connectivity index (χ1n) is 6.24. The lowest BCUT2D eigenvalue weighted by Gasteiger charge is -2.43. The van der Waals surface area contributed by atoms with Crippen LogP contribution in [-0.4, -0.2) is 49.8 Å². The topological polar surface area (TPSA) is 24.5 Å². The van der Waals surface area contributed by atoms with Gasteiger partial charge in [-0.3, -0.25) is 4.90 Å².